The first-order valence-electron chi connectivity index (χ1n) is 7.46. The van der Waals surface area contributed by atoms with Crippen molar-refractivity contribution in [2.24, 2.45) is 0 Å². The predicted molar refractivity (Wildman–Crippen MR) is 84.3 cm³/mol. The van der Waals surface area contributed by atoms with Gasteiger partial charge in [0, 0.05) is 5.56 Å². The summed E-state index contributed by atoms with van der Waals surface area (Å²) in [5.74, 6) is -2.96. The molecule has 0 spiro atoms. The average molecular weight is 352 g/mol. The second-order valence-corrected chi connectivity index (χ2v) is 5.37. The number of rotatable bonds is 3. The lowest BCUT2D eigenvalue weighted by Gasteiger charge is -2.12. The van der Waals surface area contributed by atoms with Gasteiger partial charge >= 0.3 is 5.97 Å². The van der Waals surface area contributed by atoms with Crippen molar-refractivity contribution >= 4 is 17.8 Å². The van der Waals surface area contributed by atoms with Gasteiger partial charge in [-0.3, -0.25) is 9.59 Å². The number of halogens is 1. The Kier molecular flexibility index (Phi) is 3.58. The monoisotopic (exact) mass is 352 g/mol. The van der Waals surface area contributed by atoms with Crippen LogP contribution in [0.5, 0.6) is 0 Å². The minimum absolute atomic E-state index is 0.0339. The third-order valence-corrected chi connectivity index (χ3v) is 3.80. The van der Waals surface area contributed by atoms with Gasteiger partial charge in [0.05, 0.1) is 11.1 Å². The van der Waals surface area contributed by atoms with Gasteiger partial charge in [0.2, 0.25) is 0 Å². The molecule has 0 radical (unpaired) electrons. The summed E-state index contributed by atoms with van der Waals surface area (Å²) in [4.78, 5) is 45.6. The van der Waals surface area contributed by atoms with Gasteiger partial charge in [-0.25, -0.2) is 14.2 Å². The Bertz CT molecular complexity index is 1010. The summed E-state index contributed by atoms with van der Waals surface area (Å²) >= 11 is 0. The van der Waals surface area contributed by atoms with E-state index in [-0.39, 0.29) is 22.6 Å². The Labute approximate surface area is 145 Å². The van der Waals surface area contributed by atoms with Gasteiger partial charge in [0.1, 0.15) is 5.82 Å². The number of oxazole rings is 1. The molecule has 0 bridgehead atoms. The van der Waals surface area contributed by atoms with E-state index in [9.17, 15) is 18.8 Å². The highest BCUT2D eigenvalue weighted by Gasteiger charge is 2.39. The number of hydrogen-bond donors (Lipinski definition) is 0. The maximum atomic E-state index is 13.1. The van der Waals surface area contributed by atoms with E-state index >= 15 is 0 Å². The molecule has 0 N–H and O–H groups in total. The summed E-state index contributed by atoms with van der Waals surface area (Å²) in [6, 6.07) is 11.3. The molecule has 4 rings (SSSR count). The molecule has 0 saturated heterocycles. The van der Waals surface area contributed by atoms with Crippen molar-refractivity contribution < 1.29 is 28.0 Å². The fourth-order valence-corrected chi connectivity index (χ4v) is 2.57. The molecule has 1 aromatic heterocycles. The smallest absolute Gasteiger partial charge is 0.386 e. The van der Waals surface area contributed by atoms with Gasteiger partial charge in [-0.05, 0) is 36.4 Å². The van der Waals surface area contributed by atoms with Crippen molar-refractivity contribution in [1.82, 2.24) is 10.0 Å². The number of amides is 2. The average Bonchev–Trinajstić information content (AvgIpc) is 3.23. The van der Waals surface area contributed by atoms with Crippen LogP contribution in [-0.2, 0) is 4.84 Å². The van der Waals surface area contributed by atoms with E-state index in [4.69, 9.17) is 9.25 Å². The van der Waals surface area contributed by atoms with Crippen LogP contribution in [0.1, 0.15) is 31.2 Å². The normalized spacial score (nSPS) is 13.0. The number of carbonyl (C=O) groups excluding carboxylic acids is 3. The van der Waals surface area contributed by atoms with Crippen LogP contribution < -0.4 is 0 Å². The summed E-state index contributed by atoms with van der Waals surface area (Å²) in [5, 5.41) is 0.385. The van der Waals surface area contributed by atoms with Crippen LogP contribution in [0.2, 0.25) is 0 Å². The van der Waals surface area contributed by atoms with Crippen molar-refractivity contribution in [2.45, 2.75) is 0 Å². The van der Waals surface area contributed by atoms with Crippen LogP contribution in [0.3, 0.4) is 0 Å². The van der Waals surface area contributed by atoms with Gasteiger partial charge < -0.3 is 9.25 Å². The Morgan fingerprint density at radius 1 is 1.00 bits per heavy atom. The van der Waals surface area contributed by atoms with E-state index in [2.05, 4.69) is 4.98 Å². The van der Waals surface area contributed by atoms with Crippen molar-refractivity contribution in [3.8, 4) is 11.3 Å². The fraction of sp³-hybridized carbons (Fsp3) is 0. The van der Waals surface area contributed by atoms with E-state index in [1.165, 1.54) is 36.4 Å². The van der Waals surface area contributed by atoms with E-state index in [1.807, 2.05) is 0 Å². The standard InChI is InChI=1S/C18H9FN2O5/c19-11-7-5-10(6-8-11)15-14(20-9-25-15)18(24)26-21-16(22)12-3-1-2-4-13(12)17(21)23/h1-9H. The van der Waals surface area contributed by atoms with E-state index in [1.54, 1.807) is 12.1 Å². The lowest BCUT2D eigenvalue weighted by atomic mass is 10.1. The predicted octanol–water partition coefficient (Wildman–Crippen LogP) is 2.85. The van der Waals surface area contributed by atoms with Crippen LogP contribution in [0.25, 0.3) is 11.3 Å². The number of hydroxylamine groups is 2. The molecular weight excluding hydrogens is 343 g/mol. The Balaban J connectivity index is 1.61. The van der Waals surface area contributed by atoms with Crippen molar-refractivity contribution in [3.05, 3.63) is 77.6 Å². The molecule has 3 aromatic rings. The molecule has 0 unspecified atom stereocenters. The molecule has 128 valence electrons. The topological polar surface area (TPSA) is 89.7 Å². The molecule has 0 atom stereocenters. The molecule has 2 aromatic carbocycles. The minimum Gasteiger partial charge on any atom is -0.443 e. The van der Waals surface area contributed by atoms with Crippen molar-refractivity contribution in [3.63, 3.8) is 0 Å². The number of nitrogens with zero attached hydrogens (tertiary/aromatic N) is 2. The summed E-state index contributed by atoms with van der Waals surface area (Å²) in [5.41, 5.74) is 0.430. The lowest BCUT2D eigenvalue weighted by Crippen LogP contribution is -2.32. The van der Waals surface area contributed by atoms with E-state index < -0.39 is 23.6 Å². The first-order valence-corrected chi connectivity index (χ1v) is 7.46. The Morgan fingerprint density at radius 2 is 1.62 bits per heavy atom. The second kappa shape index (κ2) is 5.92. The molecule has 0 aliphatic carbocycles. The zero-order chi connectivity index (χ0) is 18.3. The van der Waals surface area contributed by atoms with Crippen molar-refractivity contribution in [1.29, 1.82) is 0 Å². The molecule has 0 fully saturated rings. The number of carbonyl (C=O) groups is 3. The molecular formula is C18H9FN2O5. The fourth-order valence-electron chi connectivity index (χ4n) is 2.57. The molecule has 2 amide bonds. The maximum absolute atomic E-state index is 13.1. The van der Waals surface area contributed by atoms with Gasteiger partial charge in [-0.1, -0.05) is 17.2 Å². The Hall–Kier alpha value is -3.81. The highest BCUT2D eigenvalue weighted by atomic mass is 19.1. The van der Waals surface area contributed by atoms with Crippen LogP contribution in [0, 0.1) is 5.82 Å². The molecule has 0 saturated carbocycles. The molecule has 1 aliphatic heterocycles. The molecule has 26 heavy (non-hydrogen) atoms. The van der Waals surface area contributed by atoms with E-state index in [0.717, 1.165) is 6.39 Å². The molecule has 1 aliphatic rings. The molecule has 2 heterocycles. The van der Waals surface area contributed by atoms with Crippen LogP contribution in [-0.4, -0.2) is 27.8 Å². The summed E-state index contributed by atoms with van der Waals surface area (Å²) in [7, 11) is 0. The van der Waals surface area contributed by atoms with Crippen LogP contribution >= 0.6 is 0 Å². The highest BCUT2D eigenvalue weighted by Crippen LogP contribution is 2.26. The molecule has 7 nitrogen and oxygen atoms in total. The van der Waals surface area contributed by atoms with Gasteiger partial charge in [-0.15, -0.1) is 0 Å². The number of benzene rings is 2. The first kappa shape index (κ1) is 15.7. The number of fused-ring (bicyclic) bond motifs is 1. The molecule has 8 heteroatoms. The SMILES string of the molecule is O=C(ON1C(=O)c2ccccc2C1=O)c1ncoc1-c1ccc(F)cc1. The minimum atomic E-state index is -1.05. The lowest BCUT2D eigenvalue weighted by molar-refractivity contribution is -0.0587. The van der Waals surface area contributed by atoms with Gasteiger partial charge in [0.15, 0.2) is 17.8 Å². The maximum Gasteiger partial charge on any atom is 0.386 e. The summed E-state index contributed by atoms with van der Waals surface area (Å²) in [6.07, 6.45) is 1.01. The highest BCUT2D eigenvalue weighted by molar-refractivity contribution is 6.21. The zero-order valence-corrected chi connectivity index (χ0v) is 13.0. The van der Waals surface area contributed by atoms with Crippen LogP contribution in [0.15, 0.2) is 59.3 Å². The third kappa shape index (κ3) is 2.44. The Morgan fingerprint density at radius 3 is 2.23 bits per heavy atom. The zero-order valence-electron chi connectivity index (χ0n) is 13.0. The third-order valence-electron chi connectivity index (χ3n) is 3.80. The van der Waals surface area contributed by atoms with Gasteiger partial charge in [-0.2, -0.15) is 0 Å². The summed E-state index contributed by atoms with van der Waals surface area (Å²) < 4.78 is 18.2. The summed E-state index contributed by atoms with van der Waals surface area (Å²) in [6.45, 7) is 0. The largest absolute Gasteiger partial charge is 0.443 e. The van der Waals surface area contributed by atoms with Crippen LogP contribution in [0.4, 0.5) is 4.39 Å². The second-order valence-electron chi connectivity index (χ2n) is 5.37. The van der Waals surface area contributed by atoms with Crippen molar-refractivity contribution in [2.75, 3.05) is 0 Å². The number of imide groups is 1. The van der Waals surface area contributed by atoms with E-state index in [0.29, 0.717) is 10.6 Å². The number of aromatic nitrogens is 1. The first-order chi connectivity index (χ1) is 12.6. The number of hydrogen-bond acceptors (Lipinski definition) is 6. The quantitative estimate of drug-likeness (QED) is 0.674. The van der Waals surface area contributed by atoms with Gasteiger partial charge in [0.25, 0.3) is 11.8 Å².